The van der Waals surface area contributed by atoms with Crippen molar-refractivity contribution in [3.8, 4) is 11.5 Å². The molecule has 0 aromatic heterocycles. The Morgan fingerprint density at radius 2 is 0.796 bits per heavy atom. The van der Waals surface area contributed by atoms with Crippen molar-refractivity contribution >= 4 is 88.2 Å². The predicted octanol–water partition coefficient (Wildman–Crippen LogP) is 4.98. The van der Waals surface area contributed by atoms with E-state index >= 15 is 0 Å². The fraction of sp³-hybridized carbons (Fsp3) is 0. The van der Waals surface area contributed by atoms with E-state index in [0.29, 0.717) is 10.8 Å². The summed E-state index contributed by atoms with van der Waals surface area (Å²) in [6.07, 6.45) is 0. The molecule has 18 heteroatoms. The highest BCUT2D eigenvalue weighted by atomic mass is 32.2. The first-order valence-electron chi connectivity index (χ1n) is 15.4. The largest absolute Gasteiger partial charge is 0.506 e. The third-order valence-electron chi connectivity index (χ3n) is 8.02. The first-order chi connectivity index (χ1) is 25.5. The van der Waals surface area contributed by atoms with Crippen molar-refractivity contribution in [1.82, 2.24) is 0 Å². The molecule has 4 amide bonds. The van der Waals surface area contributed by atoms with Crippen molar-refractivity contribution < 1.29 is 55.3 Å². The van der Waals surface area contributed by atoms with Crippen molar-refractivity contribution in [2.24, 2.45) is 0 Å². The van der Waals surface area contributed by atoms with Gasteiger partial charge in [-0.15, -0.1) is 0 Å². The molecule has 0 heterocycles. The molecule has 0 bridgehead atoms. The van der Waals surface area contributed by atoms with E-state index in [0.717, 1.165) is 12.1 Å². The molecule has 0 saturated carbocycles. The number of nitrogens with one attached hydrogen (secondary N) is 4. The first kappa shape index (κ1) is 36.9. The number of hydrogen-bond acceptors (Lipinski definition) is 10. The SMILES string of the molecule is O=C(Nc1ccc(C(=O)Nc2c(O)ccc3cccc(S(=O)(=O)O)c23)cc1)C(=O)Nc1ccc(C(=O)Nc2c(O)ccc3cccc(S(=O)(=O)O)c23)cc1. The van der Waals surface area contributed by atoms with E-state index in [1.54, 1.807) is 0 Å². The fourth-order valence-electron chi connectivity index (χ4n) is 5.51. The smallest absolute Gasteiger partial charge is 0.314 e. The van der Waals surface area contributed by atoms with E-state index in [9.17, 15) is 55.3 Å². The quantitative estimate of drug-likeness (QED) is 0.0579. The molecule has 274 valence electrons. The molecule has 8 N–H and O–H groups in total. The summed E-state index contributed by atoms with van der Waals surface area (Å²) in [7, 11) is -9.45. The van der Waals surface area contributed by atoms with Gasteiger partial charge in [-0.2, -0.15) is 16.8 Å². The highest BCUT2D eigenvalue weighted by molar-refractivity contribution is 7.86. The van der Waals surface area contributed by atoms with Crippen LogP contribution in [0.2, 0.25) is 0 Å². The van der Waals surface area contributed by atoms with Crippen molar-refractivity contribution in [3.63, 3.8) is 0 Å². The van der Waals surface area contributed by atoms with Crippen LogP contribution in [0.4, 0.5) is 22.7 Å². The highest BCUT2D eigenvalue weighted by Gasteiger charge is 2.23. The molecule has 0 aliphatic heterocycles. The van der Waals surface area contributed by atoms with Gasteiger partial charge in [0.2, 0.25) is 0 Å². The van der Waals surface area contributed by atoms with Crippen molar-refractivity contribution in [3.05, 3.63) is 120 Å². The maximum absolute atomic E-state index is 13.0. The van der Waals surface area contributed by atoms with Crippen molar-refractivity contribution in [1.29, 1.82) is 0 Å². The standard InChI is InChI=1S/C36H26N4O12S2/c41-25-17-11-19-3-1-5-27(53(47,48)49)29(19)31(25)39-33(43)21-7-13-23(14-8-21)37-35(45)36(46)38-24-15-9-22(10-16-24)34(44)40-32-26(42)18-12-20-4-2-6-28(30(20)32)54(50,51)52/h1-18,41-42H,(H,37,45)(H,38,46)(H,39,43)(H,40,44)(H,47,48,49)(H,50,51,52). The molecule has 0 aliphatic rings. The van der Waals surface area contributed by atoms with Gasteiger partial charge in [-0.25, -0.2) is 0 Å². The zero-order valence-electron chi connectivity index (χ0n) is 27.3. The molecule has 16 nitrogen and oxygen atoms in total. The number of aromatic hydroxyl groups is 2. The summed E-state index contributed by atoms with van der Waals surface area (Å²) in [5.41, 5.74) is -0.226. The monoisotopic (exact) mass is 770 g/mol. The van der Waals surface area contributed by atoms with Gasteiger partial charge in [0.25, 0.3) is 32.1 Å². The van der Waals surface area contributed by atoms with Crippen LogP contribution in [-0.4, -0.2) is 59.8 Å². The summed E-state index contributed by atoms with van der Waals surface area (Å²) in [4.78, 5) is 50.3. The van der Waals surface area contributed by atoms with E-state index in [-0.39, 0.29) is 44.6 Å². The summed E-state index contributed by atoms with van der Waals surface area (Å²) in [6.45, 7) is 0. The molecule has 0 aliphatic carbocycles. The highest BCUT2D eigenvalue weighted by Crippen LogP contribution is 2.38. The third-order valence-corrected chi connectivity index (χ3v) is 9.81. The lowest BCUT2D eigenvalue weighted by molar-refractivity contribution is -0.132. The van der Waals surface area contributed by atoms with Crippen LogP contribution in [0.15, 0.2) is 119 Å². The van der Waals surface area contributed by atoms with Gasteiger partial charge in [0.05, 0.1) is 11.4 Å². The van der Waals surface area contributed by atoms with Gasteiger partial charge in [-0.05, 0) is 83.6 Å². The van der Waals surface area contributed by atoms with Gasteiger partial charge in [0.15, 0.2) is 0 Å². The molecule has 0 spiro atoms. The zero-order chi connectivity index (χ0) is 38.9. The minimum absolute atomic E-state index is 0.0249. The Balaban J connectivity index is 1.09. The van der Waals surface area contributed by atoms with Crippen LogP contribution in [0, 0.1) is 0 Å². The second-order valence-electron chi connectivity index (χ2n) is 11.5. The Bertz CT molecular complexity index is 2560. The van der Waals surface area contributed by atoms with Gasteiger partial charge in [0.1, 0.15) is 21.3 Å². The number of phenols is 2. The van der Waals surface area contributed by atoms with Gasteiger partial charge in [-0.1, -0.05) is 36.4 Å². The van der Waals surface area contributed by atoms with Crippen molar-refractivity contribution in [2.75, 3.05) is 21.3 Å². The van der Waals surface area contributed by atoms with Crippen molar-refractivity contribution in [2.45, 2.75) is 9.79 Å². The van der Waals surface area contributed by atoms with Gasteiger partial charge in [0, 0.05) is 33.3 Å². The number of carbonyl (C=O) groups excluding carboxylic acids is 4. The topological polar surface area (TPSA) is 266 Å². The molecule has 0 atom stereocenters. The van der Waals surface area contributed by atoms with Crippen LogP contribution in [0.1, 0.15) is 20.7 Å². The Hall–Kier alpha value is -6.86. The number of amides is 4. The molecular formula is C36H26N4O12S2. The maximum Gasteiger partial charge on any atom is 0.314 e. The molecule has 0 radical (unpaired) electrons. The summed E-state index contributed by atoms with van der Waals surface area (Å²) in [5.74, 6) is -4.64. The van der Waals surface area contributed by atoms with Crippen LogP contribution in [0.3, 0.4) is 0 Å². The lowest BCUT2D eigenvalue weighted by Gasteiger charge is -2.14. The number of phenolic OH excluding ortho intramolecular Hbond substituents is 2. The number of rotatable bonds is 8. The molecule has 6 aromatic rings. The molecule has 0 saturated heterocycles. The molecule has 6 aromatic carbocycles. The predicted molar refractivity (Wildman–Crippen MR) is 197 cm³/mol. The van der Waals surface area contributed by atoms with Gasteiger partial charge < -0.3 is 31.5 Å². The maximum atomic E-state index is 13.0. The fourth-order valence-corrected chi connectivity index (χ4v) is 6.97. The first-order valence-corrected chi connectivity index (χ1v) is 18.3. The Kier molecular flexibility index (Phi) is 9.76. The number of carbonyl (C=O) groups is 4. The van der Waals surface area contributed by atoms with Crippen LogP contribution in [0.5, 0.6) is 11.5 Å². The normalized spacial score (nSPS) is 11.5. The average molecular weight is 771 g/mol. The molecule has 0 fully saturated rings. The van der Waals surface area contributed by atoms with E-state index < -0.39 is 65.2 Å². The molecular weight excluding hydrogens is 745 g/mol. The summed E-state index contributed by atoms with van der Waals surface area (Å²) < 4.78 is 67.2. The lowest BCUT2D eigenvalue weighted by atomic mass is 10.1. The summed E-state index contributed by atoms with van der Waals surface area (Å²) in [5, 5.41) is 30.9. The Labute approximate surface area is 305 Å². The number of hydrogen-bond donors (Lipinski definition) is 8. The minimum atomic E-state index is -4.72. The molecule has 6 rings (SSSR count). The number of benzene rings is 6. The minimum Gasteiger partial charge on any atom is -0.506 e. The Morgan fingerprint density at radius 1 is 0.444 bits per heavy atom. The van der Waals surface area contributed by atoms with E-state index in [4.69, 9.17) is 0 Å². The third kappa shape index (κ3) is 7.66. The van der Waals surface area contributed by atoms with E-state index in [2.05, 4.69) is 21.3 Å². The van der Waals surface area contributed by atoms with Crippen LogP contribution < -0.4 is 21.3 Å². The summed E-state index contributed by atoms with van der Waals surface area (Å²) >= 11 is 0. The molecule has 54 heavy (non-hydrogen) atoms. The van der Waals surface area contributed by atoms with E-state index in [1.165, 1.54) is 97.1 Å². The number of fused-ring (bicyclic) bond motifs is 2. The second-order valence-corrected chi connectivity index (χ2v) is 14.3. The average Bonchev–Trinajstić information content (AvgIpc) is 3.13. The van der Waals surface area contributed by atoms with Gasteiger partial charge in [-0.3, -0.25) is 28.3 Å². The second kappa shape index (κ2) is 14.3. The van der Waals surface area contributed by atoms with Gasteiger partial charge >= 0.3 is 11.8 Å². The molecule has 0 unspecified atom stereocenters. The summed E-state index contributed by atoms with van der Waals surface area (Å²) in [6, 6.07) is 23.8. The Morgan fingerprint density at radius 3 is 1.13 bits per heavy atom. The van der Waals surface area contributed by atoms with Crippen LogP contribution in [-0.2, 0) is 29.8 Å². The van der Waals surface area contributed by atoms with E-state index in [1.807, 2.05) is 0 Å². The van der Waals surface area contributed by atoms with Crippen LogP contribution in [0.25, 0.3) is 21.5 Å². The zero-order valence-corrected chi connectivity index (χ0v) is 28.9. The lowest BCUT2D eigenvalue weighted by Crippen LogP contribution is -2.29. The van der Waals surface area contributed by atoms with Crippen LogP contribution >= 0.6 is 0 Å². The number of anilines is 4.